The maximum atomic E-state index is 3.95. The normalized spacial score (nSPS) is 14.0. The van der Waals surface area contributed by atoms with Crippen LogP contribution in [0.2, 0.25) is 0 Å². The molecule has 0 amide bonds. The zero-order valence-corrected chi connectivity index (χ0v) is 36.5. The predicted octanol–water partition coefficient (Wildman–Crippen LogP) is 15.9. The van der Waals surface area contributed by atoms with E-state index >= 15 is 0 Å². The van der Waals surface area contributed by atoms with Crippen LogP contribution in [0, 0.1) is 0 Å². The van der Waals surface area contributed by atoms with Crippen molar-refractivity contribution in [2.45, 2.75) is 150 Å². The number of hydrogen-bond acceptors (Lipinski definition) is 0. The van der Waals surface area contributed by atoms with E-state index in [0.29, 0.717) is 0 Å². The van der Waals surface area contributed by atoms with Crippen LogP contribution in [-0.2, 0) is 5.41 Å². The van der Waals surface area contributed by atoms with Crippen molar-refractivity contribution < 1.29 is 0 Å². The zero-order chi connectivity index (χ0) is 34.2. The lowest BCUT2D eigenvalue weighted by Gasteiger charge is -2.36. The molecule has 0 atom stereocenters. The summed E-state index contributed by atoms with van der Waals surface area (Å²) in [7, 11) is -1.85. The Morgan fingerprint density at radius 1 is 0.426 bits per heavy atom. The van der Waals surface area contributed by atoms with Gasteiger partial charge in [-0.1, -0.05) is 124 Å². The summed E-state index contributed by atoms with van der Waals surface area (Å²) >= 11 is 7.90. The SMILES string of the molecule is CCCC[P+](CCCC)(CCCC)CCCC1(CCC[P+](CCCC)(CCCC)CCCC)c2cc(Br)ccc2-c2ccc(Br)cc21. The Labute approximate surface area is 311 Å². The van der Waals surface area contributed by atoms with Crippen LogP contribution in [0.25, 0.3) is 11.1 Å². The molecule has 0 aliphatic heterocycles. The van der Waals surface area contributed by atoms with Gasteiger partial charge < -0.3 is 0 Å². The van der Waals surface area contributed by atoms with Gasteiger partial charge in [-0.2, -0.15) is 0 Å². The van der Waals surface area contributed by atoms with Crippen LogP contribution in [-0.4, -0.2) is 49.3 Å². The van der Waals surface area contributed by atoms with E-state index in [-0.39, 0.29) is 5.41 Å². The molecule has 3 rings (SSSR count). The number of rotatable bonds is 26. The molecule has 266 valence electrons. The Balaban J connectivity index is 2.02. The van der Waals surface area contributed by atoms with Gasteiger partial charge in [0.1, 0.15) is 0 Å². The Morgan fingerprint density at radius 3 is 0.979 bits per heavy atom. The smallest absolute Gasteiger partial charge is 0.0594 e. The lowest BCUT2D eigenvalue weighted by Crippen LogP contribution is -2.27. The Kier molecular flexibility index (Phi) is 19.1. The number of unbranched alkanes of at least 4 members (excludes halogenated alkanes) is 6. The Hall–Kier alpha value is 0.260. The fraction of sp³-hybridized carbons (Fsp3) is 0.721. The topological polar surface area (TPSA) is 0 Å². The van der Waals surface area contributed by atoms with Crippen LogP contribution >= 0.6 is 46.4 Å². The van der Waals surface area contributed by atoms with E-state index in [2.05, 4.69) is 110 Å². The summed E-state index contributed by atoms with van der Waals surface area (Å²) in [6.45, 7) is 14.5. The largest absolute Gasteiger partial charge is 0.0652 e. The minimum absolute atomic E-state index is 0.129. The molecule has 0 unspecified atom stereocenters. The molecule has 0 radical (unpaired) electrons. The van der Waals surface area contributed by atoms with Crippen molar-refractivity contribution in [1.29, 1.82) is 0 Å². The van der Waals surface area contributed by atoms with Crippen LogP contribution in [0.3, 0.4) is 0 Å². The second kappa shape index (κ2) is 21.6. The monoisotopic (exact) mass is 808 g/mol. The van der Waals surface area contributed by atoms with Gasteiger partial charge >= 0.3 is 0 Å². The maximum Gasteiger partial charge on any atom is 0.0594 e. The van der Waals surface area contributed by atoms with Gasteiger partial charge in [0, 0.05) is 28.9 Å². The van der Waals surface area contributed by atoms with Gasteiger partial charge in [0.15, 0.2) is 0 Å². The van der Waals surface area contributed by atoms with Crippen molar-refractivity contribution in [3.8, 4) is 11.1 Å². The minimum atomic E-state index is -0.924. The molecule has 4 heteroatoms. The summed E-state index contributed by atoms with van der Waals surface area (Å²) in [5, 5.41) is 0. The highest BCUT2D eigenvalue weighted by Gasteiger charge is 2.45. The lowest BCUT2D eigenvalue weighted by molar-refractivity contribution is 0.436. The average molecular weight is 811 g/mol. The fourth-order valence-corrected chi connectivity index (χ4v) is 19.8. The number of hydrogen-bond donors (Lipinski definition) is 0. The van der Waals surface area contributed by atoms with E-state index in [0.717, 1.165) is 0 Å². The molecule has 0 nitrogen and oxygen atoms in total. The summed E-state index contributed by atoms with van der Waals surface area (Å²) in [6, 6.07) is 14.5. The molecule has 0 N–H and O–H groups in total. The zero-order valence-electron chi connectivity index (χ0n) is 31.6. The van der Waals surface area contributed by atoms with E-state index in [1.807, 2.05) is 0 Å². The second-order valence-electron chi connectivity index (χ2n) is 15.3. The molecule has 0 spiro atoms. The molecule has 1 aliphatic carbocycles. The van der Waals surface area contributed by atoms with Gasteiger partial charge in [-0.05, 0) is 111 Å². The van der Waals surface area contributed by atoms with E-state index in [4.69, 9.17) is 0 Å². The molecule has 0 saturated heterocycles. The van der Waals surface area contributed by atoms with Crippen molar-refractivity contribution in [1.82, 2.24) is 0 Å². The summed E-state index contributed by atoms with van der Waals surface area (Å²) < 4.78 is 2.50. The third-order valence-corrected chi connectivity index (χ3v) is 22.8. The number of benzene rings is 2. The number of fused-ring (bicyclic) bond motifs is 3. The molecule has 0 aromatic heterocycles. The van der Waals surface area contributed by atoms with E-state index in [9.17, 15) is 0 Å². The summed E-state index contributed by atoms with van der Waals surface area (Å²) in [6.07, 6.45) is 34.5. The molecule has 2 aromatic carbocycles. The van der Waals surface area contributed by atoms with Gasteiger partial charge in [-0.25, -0.2) is 0 Å². The molecule has 0 saturated carbocycles. The van der Waals surface area contributed by atoms with Crippen LogP contribution in [0.5, 0.6) is 0 Å². The quantitative estimate of drug-likeness (QED) is 0.0831. The standard InChI is InChI=1S/C43H72Br2P2/c1-7-13-27-46(28-14-8-2,29-15-9-3)33-19-25-43(26-20-34-47(30-16-10-4,31-17-11-5)32-18-12-6)41-35-37(44)21-23-39(41)40-24-22-38(45)36-42(40)43/h21-24,35-36H,7-20,25-34H2,1-6H3/q+2. The molecular formula is C43H72Br2P2+2. The van der Waals surface area contributed by atoms with Crippen molar-refractivity contribution in [3.05, 3.63) is 56.5 Å². The number of halogens is 2. The van der Waals surface area contributed by atoms with Gasteiger partial charge in [-0.15, -0.1) is 0 Å². The third-order valence-electron chi connectivity index (χ3n) is 11.7. The van der Waals surface area contributed by atoms with Crippen LogP contribution in [0.4, 0.5) is 0 Å². The summed E-state index contributed by atoms with van der Waals surface area (Å²) in [5.41, 5.74) is 6.38. The maximum absolute atomic E-state index is 3.95. The van der Waals surface area contributed by atoms with E-state index in [1.54, 1.807) is 48.1 Å². The van der Waals surface area contributed by atoms with Crippen molar-refractivity contribution in [3.63, 3.8) is 0 Å². The third kappa shape index (κ3) is 11.6. The highest BCUT2D eigenvalue weighted by molar-refractivity contribution is 9.10. The molecule has 2 aromatic rings. The van der Waals surface area contributed by atoms with Gasteiger partial charge in [0.25, 0.3) is 0 Å². The molecule has 0 fully saturated rings. The van der Waals surface area contributed by atoms with Crippen molar-refractivity contribution >= 4 is 46.4 Å². The van der Waals surface area contributed by atoms with Gasteiger partial charge in [0.05, 0.1) is 49.3 Å². The summed E-state index contributed by atoms with van der Waals surface area (Å²) in [4.78, 5) is 0. The first-order valence-corrected chi connectivity index (χ1v) is 26.7. The van der Waals surface area contributed by atoms with Gasteiger partial charge in [-0.3, -0.25) is 0 Å². The highest BCUT2D eigenvalue weighted by atomic mass is 79.9. The molecule has 0 heterocycles. The van der Waals surface area contributed by atoms with Crippen LogP contribution in [0.15, 0.2) is 45.3 Å². The van der Waals surface area contributed by atoms with Crippen molar-refractivity contribution in [2.75, 3.05) is 49.3 Å². The first-order chi connectivity index (χ1) is 22.8. The van der Waals surface area contributed by atoms with Crippen LogP contribution < -0.4 is 0 Å². The average Bonchev–Trinajstić information content (AvgIpc) is 3.33. The van der Waals surface area contributed by atoms with E-state index < -0.39 is 14.5 Å². The fourth-order valence-electron chi connectivity index (χ4n) is 8.84. The minimum Gasteiger partial charge on any atom is -0.0652 e. The van der Waals surface area contributed by atoms with Gasteiger partial charge in [0.2, 0.25) is 0 Å². The first kappa shape index (κ1) is 41.7. The highest BCUT2D eigenvalue weighted by Crippen LogP contribution is 2.64. The lowest BCUT2D eigenvalue weighted by atomic mass is 9.71. The second-order valence-corrected chi connectivity index (χ2v) is 26.0. The Morgan fingerprint density at radius 2 is 0.702 bits per heavy atom. The molecule has 0 bridgehead atoms. The molecule has 47 heavy (non-hydrogen) atoms. The Bertz CT molecular complexity index is 1040. The first-order valence-electron chi connectivity index (χ1n) is 20.1. The summed E-state index contributed by atoms with van der Waals surface area (Å²) in [5.74, 6) is 0. The van der Waals surface area contributed by atoms with Crippen molar-refractivity contribution in [2.24, 2.45) is 0 Å². The van der Waals surface area contributed by atoms with E-state index in [1.165, 1.54) is 135 Å². The molecule has 1 aliphatic rings. The van der Waals surface area contributed by atoms with Crippen LogP contribution in [0.1, 0.15) is 155 Å². The predicted molar refractivity (Wildman–Crippen MR) is 229 cm³/mol. The molecular weight excluding hydrogens is 738 g/mol.